The maximum Gasteiger partial charge on any atom is 0.247 e. The number of hydrogen-bond acceptors (Lipinski definition) is 6. The van der Waals surface area contributed by atoms with Gasteiger partial charge in [0.25, 0.3) is 0 Å². The molecule has 0 aliphatic carbocycles. The molecule has 0 saturated heterocycles. The van der Waals surface area contributed by atoms with E-state index >= 15 is 0 Å². The molecule has 1 aromatic carbocycles. The third-order valence-electron chi connectivity index (χ3n) is 4.98. The molecule has 0 fully saturated rings. The highest BCUT2D eigenvalue weighted by molar-refractivity contribution is 7.88. The summed E-state index contributed by atoms with van der Waals surface area (Å²) < 4.78 is 28.3. The van der Waals surface area contributed by atoms with Crippen LogP contribution in [-0.4, -0.2) is 34.6 Å². The standard InChI is InChI=1S/C21H18N4O2S3/c1-30(26,27)25-20(11-19(22-25)15-7-9-28-13-15)18-12-24(17-5-3-2-4-6-17)23-21(18)16-8-10-29-14-16/h2-10,12-14,20H,11H2,1H3/t20-/m1/s1. The number of aromatic nitrogens is 2. The monoisotopic (exact) mass is 454 g/mol. The highest BCUT2D eigenvalue weighted by atomic mass is 32.2. The number of thiophene rings is 2. The molecule has 9 heteroatoms. The minimum atomic E-state index is -3.55. The number of sulfonamides is 1. The van der Waals surface area contributed by atoms with E-state index in [1.165, 1.54) is 10.7 Å². The smallest absolute Gasteiger partial charge is 0.240 e. The van der Waals surface area contributed by atoms with Crippen LogP contribution >= 0.6 is 22.7 Å². The van der Waals surface area contributed by atoms with Crippen LogP contribution in [0.2, 0.25) is 0 Å². The van der Waals surface area contributed by atoms with Crippen LogP contribution in [0, 0.1) is 0 Å². The van der Waals surface area contributed by atoms with E-state index in [9.17, 15) is 8.42 Å². The molecule has 30 heavy (non-hydrogen) atoms. The number of rotatable bonds is 5. The van der Waals surface area contributed by atoms with Gasteiger partial charge < -0.3 is 0 Å². The Morgan fingerprint density at radius 1 is 1.00 bits per heavy atom. The zero-order valence-corrected chi connectivity index (χ0v) is 18.5. The van der Waals surface area contributed by atoms with Gasteiger partial charge in [-0.25, -0.2) is 13.1 Å². The number of hydrazone groups is 1. The summed E-state index contributed by atoms with van der Waals surface area (Å²) in [4.78, 5) is 0. The van der Waals surface area contributed by atoms with Crippen LogP contribution in [0.1, 0.15) is 23.6 Å². The molecular formula is C21H18N4O2S3. The minimum absolute atomic E-state index is 0.442. The maximum atomic E-state index is 12.6. The lowest BCUT2D eigenvalue weighted by Gasteiger charge is -2.21. The van der Waals surface area contributed by atoms with Crippen molar-refractivity contribution in [3.8, 4) is 16.9 Å². The second-order valence-electron chi connectivity index (χ2n) is 7.04. The number of hydrogen-bond donors (Lipinski definition) is 0. The molecule has 0 radical (unpaired) electrons. The Balaban J connectivity index is 1.64. The van der Waals surface area contributed by atoms with E-state index in [0.717, 1.165) is 33.8 Å². The molecule has 0 saturated carbocycles. The van der Waals surface area contributed by atoms with Crippen molar-refractivity contribution in [3.05, 3.63) is 81.3 Å². The second-order valence-corrected chi connectivity index (χ2v) is 10.4. The number of nitrogens with zero attached hydrogens (tertiary/aromatic N) is 4. The van der Waals surface area contributed by atoms with Crippen molar-refractivity contribution in [2.45, 2.75) is 12.5 Å². The summed E-state index contributed by atoms with van der Waals surface area (Å²) in [7, 11) is -3.55. The minimum Gasteiger partial charge on any atom is -0.240 e. The lowest BCUT2D eigenvalue weighted by molar-refractivity contribution is 0.375. The van der Waals surface area contributed by atoms with Gasteiger partial charge in [0.05, 0.1) is 29.4 Å². The van der Waals surface area contributed by atoms with Gasteiger partial charge in [0.15, 0.2) is 0 Å². The average Bonchev–Trinajstić information content (AvgIpc) is 3.53. The number of para-hydroxylation sites is 1. The molecular weight excluding hydrogens is 436 g/mol. The van der Waals surface area contributed by atoms with Crippen LogP contribution in [-0.2, 0) is 10.0 Å². The van der Waals surface area contributed by atoms with Crippen molar-refractivity contribution in [2.75, 3.05) is 6.26 Å². The molecule has 0 N–H and O–H groups in total. The molecule has 0 bridgehead atoms. The molecule has 4 aromatic rings. The molecule has 152 valence electrons. The molecule has 0 amide bonds. The third-order valence-corrected chi connectivity index (χ3v) is 7.37. The molecule has 6 nitrogen and oxygen atoms in total. The van der Waals surface area contributed by atoms with E-state index < -0.39 is 16.1 Å². The number of benzene rings is 1. The first kappa shape index (κ1) is 19.2. The SMILES string of the molecule is CS(=O)(=O)N1N=C(c2ccsc2)C[C@@H]1c1cn(-c2ccccc2)nc1-c1ccsc1. The first-order chi connectivity index (χ1) is 14.5. The zero-order valence-electron chi connectivity index (χ0n) is 16.0. The first-order valence-corrected chi connectivity index (χ1v) is 13.0. The fourth-order valence-corrected chi connectivity index (χ4v) is 5.80. The molecule has 5 rings (SSSR count). The maximum absolute atomic E-state index is 12.6. The average molecular weight is 455 g/mol. The van der Waals surface area contributed by atoms with Gasteiger partial charge in [-0.3, -0.25) is 0 Å². The summed E-state index contributed by atoms with van der Waals surface area (Å²) >= 11 is 3.16. The van der Waals surface area contributed by atoms with Crippen molar-refractivity contribution in [1.29, 1.82) is 0 Å². The van der Waals surface area contributed by atoms with Crippen LogP contribution in [0.4, 0.5) is 0 Å². The molecule has 0 spiro atoms. The fourth-order valence-electron chi connectivity index (χ4n) is 3.60. The topological polar surface area (TPSA) is 67.6 Å². The Labute approximate surface area is 182 Å². The molecule has 0 unspecified atom stereocenters. The fraction of sp³-hybridized carbons (Fsp3) is 0.143. The Morgan fingerprint density at radius 3 is 2.33 bits per heavy atom. The van der Waals surface area contributed by atoms with Gasteiger partial charge in [0.2, 0.25) is 10.0 Å². The molecule has 1 aliphatic heterocycles. The van der Waals surface area contributed by atoms with E-state index in [-0.39, 0.29) is 0 Å². The highest BCUT2D eigenvalue weighted by Gasteiger charge is 2.37. The zero-order chi connectivity index (χ0) is 20.7. The van der Waals surface area contributed by atoms with Crippen LogP contribution in [0.25, 0.3) is 16.9 Å². The largest absolute Gasteiger partial charge is 0.247 e. The lowest BCUT2D eigenvalue weighted by Crippen LogP contribution is -2.26. The van der Waals surface area contributed by atoms with E-state index in [2.05, 4.69) is 5.10 Å². The van der Waals surface area contributed by atoms with Crippen molar-refractivity contribution in [2.24, 2.45) is 5.10 Å². The van der Waals surface area contributed by atoms with Gasteiger partial charge in [-0.1, -0.05) is 18.2 Å². The van der Waals surface area contributed by atoms with Crippen molar-refractivity contribution < 1.29 is 8.42 Å². The Morgan fingerprint density at radius 2 is 1.70 bits per heavy atom. The quantitative estimate of drug-likeness (QED) is 0.436. The summed E-state index contributed by atoms with van der Waals surface area (Å²) in [6, 6.07) is 13.4. The summed E-state index contributed by atoms with van der Waals surface area (Å²) in [5.74, 6) is 0. The van der Waals surface area contributed by atoms with Crippen molar-refractivity contribution in [1.82, 2.24) is 14.2 Å². The van der Waals surface area contributed by atoms with E-state index in [1.807, 2.05) is 74.9 Å². The summed E-state index contributed by atoms with van der Waals surface area (Å²) in [5, 5.41) is 17.3. The third kappa shape index (κ3) is 3.49. The molecule has 1 aliphatic rings. The van der Waals surface area contributed by atoms with Gasteiger partial charge in [-0.05, 0) is 40.4 Å². The predicted octanol–water partition coefficient (Wildman–Crippen LogP) is 4.77. The normalized spacial score (nSPS) is 16.8. The van der Waals surface area contributed by atoms with Gasteiger partial charge >= 0.3 is 0 Å². The molecule has 1 atom stereocenters. The second kappa shape index (κ2) is 7.50. The Kier molecular flexibility index (Phi) is 4.80. The molecule has 4 heterocycles. The summed E-state index contributed by atoms with van der Waals surface area (Å²) in [5.41, 5.74) is 5.25. The summed E-state index contributed by atoms with van der Waals surface area (Å²) in [6.45, 7) is 0. The van der Waals surface area contributed by atoms with Gasteiger partial charge in [0.1, 0.15) is 0 Å². The van der Waals surface area contributed by atoms with Crippen molar-refractivity contribution >= 4 is 38.4 Å². The van der Waals surface area contributed by atoms with E-state index in [0.29, 0.717) is 6.42 Å². The Bertz CT molecular complexity index is 1290. The van der Waals surface area contributed by atoms with Crippen LogP contribution in [0.3, 0.4) is 0 Å². The lowest BCUT2D eigenvalue weighted by atomic mass is 9.99. The van der Waals surface area contributed by atoms with Crippen LogP contribution in [0.15, 0.2) is 75.3 Å². The van der Waals surface area contributed by atoms with Crippen molar-refractivity contribution in [3.63, 3.8) is 0 Å². The van der Waals surface area contributed by atoms with Crippen LogP contribution < -0.4 is 0 Å². The van der Waals surface area contributed by atoms with E-state index in [1.54, 1.807) is 22.7 Å². The molecule has 3 aromatic heterocycles. The predicted molar refractivity (Wildman–Crippen MR) is 122 cm³/mol. The van der Waals surface area contributed by atoms with Gasteiger partial charge in [-0.15, -0.1) is 0 Å². The highest BCUT2D eigenvalue weighted by Crippen LogP contribution is 2.40. The van der Waals surface area contributed by atoms with E-state index in [4.69, 9.17) is 5.10 Å². The Hall–Kier alpha value is -2.75. The first-order valence-electron chi connectivity index (χ1n) is 9.28. The van der Waals surface area contributed by atoms with Crippen LogP contribution in [0.5, 0.6) is 0 Å². The van der Waals surface area contributed by atoms with Gasteiger partial charge in [0, 0.05) is 34.7 Å². The van der Waals surface area contributed by atoms with Gasteiger partial charge in [-0.2, -0.15) is 37.3 Å². The summed E-state index contributed by atoms with van der Waals surface area (Å²) in [6.07, 6.45) is 3.63.